The van der Waals surface area contributed by atoms with E-state index in [4.69, 9.17) is 0 Å². The molecule has 0 bridgehead atoms. The van der Waals surface area contributed by atoms with Crippen molar-refractivity contribution in [2.45, 2.75) is 32.7 Å². The third-order valence-corrected chi connectivity index (χ3v) is 2.39. The number of rotatable bonds is 0. The van der Waals surface area contributed by atoms with E-state index in [-0.39, 0.29) is 11.3 Å². The summed E-state index contributed by atoms with van der Waals surface area (Å²) < 4.78 is 1.79. The van der Waals surface area contributed by atoms with Gasteiger partial charge < -0.3 is 5.32 Å². The molecule has 76 valence electrons. The van der Waals surface area contributed by atoms with Crippen LogP contribution in [0, 0.1) is 0 Å². The second-order valence-corrected chi connectivity index (χ2v) is 4.64. The third kappa shape index (κ3) is 1.41. The molecule has 0 fully saturated rings. The number of nitrogens with zero attached hydrogens (tertiary/aromatic N) is 2. The highest BCUT2D eigenvalue weighted by Gasteiger charge is 2.24. The molecule has 0 radical (unpaired) electrons. The lowest BCUT2D eigenvalue weighted by molar-refractivity contribution is 0.0924. The molecule has 0 unspecified atom stereocenters. The molecule has 0 spiro atoms. The number of carbonyl (C=O) groups excluding carboxylic acids is 1. The molecule has 1 N–H and O–H groups in total. The summed E-state index contributed by atoms with van der Waals surface area (Å²) in [7, 11) is 0. The van der Waals surface area contributed by atoms with Crippen molar-refractivity contribution in [1.82, 2.24) is 15.1 Å². The minimum Gasteiger partial charge on any atom is -0.349 e. The van der Waals surface area contributed by atoms with E-state index in [1.54, 1.807) is 4.68 Å². The van der Waals surface area contributed by atoms with E-state index < -0.39 is 0 Å². The summed E-state index contributed by atoms with van der Waals surface area (Å²) in [6.45, 7) is 7.74. The molecule has 1 aromatic heterocycles. The molecule has 0 atom stereocenters. The zero-order valence-electron chi connectivity index (χ0n) is 8.79. The minimum absolute atomic E-state index is 0.00458. The molecule has 1 amide bonds. The van der Waals surface area contributed by atoms with Gasteiger partial charge in [-0.25, -0.2) is 0 Å². The lowest BCUT2D eigenvalue weighted by Gasteiger charge is -2.14. The topological polar surface area (TPSA) is 46.9 Å². The van der Waals surface area contributed by atoms with Crippen LogP contribution in [0.5, 0.6) is 0 Å². The summed E-state index contributed by atoms with van der Waals surface area (Å²) in [5, 5.41) is 7.23. The maximum Gasteiger partial charge on any atom is 0.269 e. The van der Waals surface area contributed by atoms with E-state index in [9.17, 15) is 4.79 Å². The predicted octanol–water partition coefficient (Wildman–Crippen LogP) is 0.924. The van der Waals surface area contributed by atoms with Crippen LogP contribution in [0.2, 0.25) is 0 Å². The minimum atomic E-state index is -0.0146. The van der Waals surface area contributed by atoms with Crippen molar-refractivity contribution in [2.75, 3.05) is 6.54 Å². The lowest BCUT2D eigenvalue weighted by atomic mass is 9.92. The predicted molar refractivity (Wildman–Crippen MR) is 53.3 cm³/mol. The van der Waals surface area contributed by atoms with Crippen molar-refractivity contribution in [3.8, 4) is 0 Å². The first-order chi connectivity index (χ1) is 6.48. The molecule has 0 aliphatic carbocycles. The number of amides is 1. The fourth-order valence-corrected chi connectivity index (χ4v) is 1.50. The Morgan fingerprint density at radius 1 is 1.50 bits per heavy atom. The Balaban J connectivity index is 2.45. The summed E-state index contributed by atoms with van der Waals surface area (Å²) in [5.74, 6) is -0.0146. The summed E-state index contributed by atoms with van der Waals surface area (Å²) in [4.78, 5) is 11.5. The molecule has 2 heterocycles. The van der Waals surface area contributed by atoms with Gasteiger partial charge in [-0.15, -0.1) is 0 Å². The van der Waals surface area contributed by atoms with E-state index >= 15 is 0 Å². The Labute approximate surface area is 83.3 Å². The molecule has 1 aliphatic heterocycles. The number of fused-ring (bicyclic) bond motifs is 1. The Morgan fingerprint density at radius 2 is 2.21 bits per heavy atom. The summed E-state index contributed by atoms with van der Waals surface area (Å²) in [6.07, 6.45) is 0. The normalized spacial score (nSPS) is 16.4. The van der Waals surface area contributed by atoms with Crippen LogP contribution in [-0.4, -0.2) is 22.2 Å². The van der Waals surface area contributed by atoms with Crippen molar-refractivity contribution in [3.05, 3.63) is 17.5 Å². The number of aromatic nitrogens is 2. The zero-order valence-corrected chi connectivity index (χ0v) is 8.79. The van der Waals surface area contributed by atoms with Gasteiger partial charge in [0.25, 0.3) is 5.91 Å². The van der Waals surface area contributed by atoms with E-state index in [0.29, 0.717) is 12.2 Å². The molecule has 0 saturated heterocycles. The first-order valence-electron chi connectivity index (χ1n) is 4.85. The maximum absolute atomic E-state index is 11.5. The van der Waals surface area contributed by atoms with Gasteiger partial charge >= 0.3 is 0 Å². The average molecular weight is 193 g/mol. The smallest absolute Gasteiger partial charge is 0.269 e. The first kappa shape index (κ1) is 9.24. The zero-order chi connectivity index (χ0) is 10.3. The molecule has 2 rings (SSSR count). The molecule has 0 aromatic carbocycles. The first-order valence-corrected chi connectivity index (χ1v) is 4.85. The van der Waals surface area contributed by atoms with E-state index in [0.717, 1.165) is 12.2 Å². The van der Waals surface area contributed by atoms with Crippen LogP contribution < -0.4 is 5.32 Å². The lowest BCUT2D eigenvalue weighted by Crippen LogP contribution is -2.35. The second kappa shape index (κ2) is 2.83. The average Bonchev–Trinajstić information content (AvgIpc) is 2.48. The van der Waals surface area contributed by atoms with Gasteiger partial charge in [-0.2, -0.15) is 5.10 Å². The van der Waals surface area contributed by atoms with E-state index in [1.165, 1.54) is 0 Å². The Kier molecular flexibility index (Phi) is 1.87. The van der Waals surface area contributed by atoms with Gasteiger partial charge in [0.2, 0.25) is 0 Å². The molecular formula is C10H15N3O. The van der Waals surface area contributed by atoms with Crippen LogP contribution >= 0.6 is 0 Å². The largest absolute Gasteiger partial charge is 0.349 e. The van der Waals surface area contributed by atoms with E-state index in [2.05, 4.69) is 31.2 Å². The van der Waals surface area contributed by atoms with Crippen LogP contribution in [0.1, 0.15) is 37.0 Å². The summed E-state index contributed by atoms with van der Waals surface area (Å²) >= 11 is 0. The number of carbonyl (C=O) groups is 1. The van der Waals surface area contributed by atoms with Crippen molar-refractivity contribution in [3.63, 3.8) is 0 Å². The van der Waals surface area contributed by atoms with Crippen LogP contribution in [0.15, 0.2) is 6.07 Å². The molecule has 4 nitrogen and oxygen atoms in total. The SMILES string of the molecule is CC(C)(C)c1cc2n(n1)CCNC2=O. The van der Waals surface area contributed by atoms with Gasteiger partial charge in [0.15, 0.2) is 0 Å². The summed E-state index contributed by atoms with van der Waals surface area (Å²) in [6, 6.07) is 1.88. The Bertz CT molecular complexity index is 373. The van der Waals surface area contributed by atoms with E-state index in [1.807, 2.05) is 6.07 Å². The standard InChI is InChI=1S/C10H15N3O/c1-10(2,3)8-6-7-9(14)11-4-5-13(7)12-8/h6H,4-5H2,1-3H3,(H,11,14). The number of nitrogens with one attached hydrogen (secondary N) is 1. The van der Waals surface area contributed by atoms with Crippen molar-refractivity contribution >= 4 is 5.91 Å². The maximum atomic E-state index is 11.5. The van der Waals surface area contributed by atoms with Crippen LogP contribution in [0.25, 0.3) is 0 Å². The number of hydrogen-bond acceptors (Lipinski definition) is 2. The second-order valence-electron chi connectivity index (χ2n) is 4.64. The fraction of sp³-hybridized carbons (Fsp3) is 0.600. The fourth-order valence-electron chi connectivity index (χ4n) is 1.50. The monoisotopic (exact) mass is 193 g/mol. The van der Waals surface area contributed by atoms with Gasteiger partial charge in [-0.1, -0.05) is 20.8 Å². The molecular weight excluding hydrogens is 178 g/mol. The van der Waals surface area contributed by atoms with Gasteiger partial charge in [0.1, 0.15) is 5.69 Å². The van der Waals surface area contributed by atoms with Crippen LogP contribution in [-0.2, 0) is 12.0 Å². The summed E-state index contributed by atoms with van der Waals surface area (Å²) in [5.41, 5.74) is 1.66. The number of hydrogen-bond donors (Lipinski definition) is 1. The molecule has 0 saturated carbocycles. The molecule has 4 heteroatoms. The highest BCUT2D eigenvalue weighted by Crippen LogP contribution is 2.22. The van der Waals surface area contributed by atoms with Crippen molar-refractivity contribution in [2.24, 2.45) is 0 Å². The Morgan fingerprint density at radius 3 is 2.79 bits per heavy atom. The highest BCUT2D eigenvalue weighted by molar-refractivity contribution is 5.93. The molecule has 1 aliphatic rings. The van der Waals surface area contributed by atoms with Gasteiger partial charge in [-0.05, 0) is 6.07 Å². The molecule has 14 heavy (non-hydrogen) atoms. The van der Waals surface area contributed by atoms with Crippen molar-refractivity contribution < 1.29 is 4.79 Å². The van der Waals surface area contributed by atoms with Gasteiger partial charge in [0.05, 0.1) is 12.2 Å². The third-order valence-electron chi connectivity index (χ3n) is 2.39. The Hall–Kier alpha value is -1.32. The van der Waals surface area contributed by atoms with Crippen LogP contribution in [0.4, 0.5) is 0 Å². The van der Waals surface area contributed by atoms with Crippen molar-refractivity contribution in [1.29, 1.82) is 0 Å². The van der Waals surface area contributed by atoms with Crippen LogP contribution in [0.3, 0.4) is 0 Å². The highest BCUT2D eigenvalue weighted by atomic mass is 16.2. The van der Waals surface area contributed by atoms with Gasteiger partial charge in [0, 0.05) is 12.0 Å². The molecule has 1 aromatic rings. The quantitative estimate of drug-likeness (QED) is 0.666. The van der Waals surface area contributed by atoms with Gasteiger partial charge in [-0.3, -0.25) is 9.48 Å².